The van der Waals surface area contributed by atoms with Gasteiger partial charge in [-0.25, -0.2) is 4.98 Å². The number of hydrogen-bond acceptors (Lipinski definition) is 5. The highest BCUT2D eigenvalue weighted by atomic mass is 32.2. The van der Waals surface area contributed by atoms with Gasteiger partial charge >= 0.3 is 0 Å². The minimum atomic E-state index is -0.106. The highest BCUT2D eigenvalue weighted by Gasteiger charge is 2.30. The summed E-state index contributed by atoms with van der Waals surface area (Å²) in [5, 5.41) is 0.704. The third kappa shape index (κ3) is 4.40. The summed E-state index contributed by atoms with van der Waals surface area (Å²) in [5.41, 5.74) is 3.86. The fourth-order valence-corrected chi connectivity index (χ4v) is 5.74. The number of aryl methyl sites for hydroxylation is 1. The van der Waals surface area contributed by atoms with Crippen molar-refractivity contribution in [3.63, 3.8) is 0 Å². The van der Waals surface area contributed by atoms with Gasteiger partial charge in [-0.2, -0.15) is 0 Å². The molecule has 1 unspecified atom stereocenters. The molecule has 3 heterocycles. The number of anilines is 2. The summed E-state index contributed by atoms with van der Waals surface area (Å²) in [5.74, 6) is -0.0182. The molecule has 3 aromatic rings. The highest BCUT2D eigenvalue weighted by Crippen LogP contribution is 2.40. The van der Waals surface area contributed by atoms with Gasteiger partial charge in [-0.05, 0) is 55.8 Å². The van der Waals surface area contributed by atoms with Gasteiger partial charge in [-0.3, -0.25) is 9.59 Å². The monoisotopic (exact) mass is 472 g/mol. The summed E-state index contributed by atoms with van der Waals surface area (Å²) in [6.45, 7) is 6.78. The van der Waals surface area contributed by atoms with E-state index in [1.54, 1.807) is 17.2 Å². The minimum absolute atomic E-state index is 0.0873. The molecule has 0 spiro atoms. The van der Waals surface area contributed by atoms with Crippen molar-refractivity contribution in [2.24, 2.45) is 0 Å². The number of benzene rings is 2. The van der Waals surface area contributed by atoms with Crippen LogP contribution in [0.2, 0.25) is 0 Å². The topological polar surface area (TPSA) is 56.8 Å². The largest absolute Gasteiger partial charge is 0.365 e. The van der Waals surface area contributed by atoms with Gasteiger partial charge in [0.25, 0.3) is 5.91 Å². The second kappa shape index (κ2) is 9.50. The fourth-order valence-electron chi connectivity index (χ4n) is 4.72. The number of para-hydroxylation sites is 1. The molecule has 0 radical (unpaired) electrons. The number of hydrogen-bond donors (Lipinski definition) is 0. The van der Waals surface area contributed by atoms with Crippen molar-refractivity contribution in [1.29, 1.82) is 0 Å². The first kappa shape index (κ1) is 22.5. The van der Waals surface area contributed by atoms with Gasteiger partial charge < -0.3 is 14.7 Å². The van der Waals surface area contributed by atoms with Crippen LogP contribution < -0.4 is 9.80 Å². The van der Waals surface area contributed by atoms with E-state index in [1.165, 1.54) is 23.0 Å². The summed E-state index contributed by atoms with van der Waals surface area (Å²) in [4.78, 5) is 38.0. The van der Waals surface area contributed by atoms with Crippen molar-refractivity contribution in [2.45, 2.75) is 36.2 Å². The predicted molar refractivity (Wildman–Crippen MR) is 136 cm³/mol. The molecule has 0 bridgehead atoms. The molecular formula is C27H28N4O2S. The van der Waals surface area contributed by atoms with Crippen LogP contribution in [0.3, 0.4) is 0 Å². The van der Waals surface area contributed by atoms with Crippen LogP contribution in [0.5, 0.6) is 0 Å². The average molecular weight is 473 g/mol. The van der Waals surface area contributed by atoms with E-state index in [1.807, 2.05) is 35.2 Å². The number of aromatic nitrogens is 1. The Kier molecular flexibility index (Phi) is 6.28. The normalized spacial score (nSPS) is 17.8. The maximum absolute atomic E-state index is 13.4. The summed E-state index contributed by atoms with van der Waals surface area (Å²) < 4.78 is 0. The average Bonchev–Trinajstić information content (AvgIpc) is 2.96. The van der Waals surface area contributed by atoms with Gasteiger partial charge in [0.15, 0.2) is 0 Å². The molecule has 6 nitrogen and oxygen atoms in total. The summed E-state index contributed by atoms with van der Waals surface area (Å²) >= 11 is 1.50. The molecule has 7 heteroatoms. The van der Waals surface area contributed by atoms with Crippen LogP contribution in [0, 0.1) is 6.92 Å². The number of carbonyl (C=O) groups is 2. The Morgan fingerprint density at radius 3 is 2.76 bits per heavy atom. The predicted octanol–water partition coefficient (Wildman–Crippen LogP) is 4.63. The highest BCUT2D eigenvalue weighted by molar-refractivity contribution is 7.99. The first-order valence-corrected chi connectivity index (χ1v) is 12.5. The molecule has 174 valence electrons. The second-order valence-electron chi connectivity index (χ2n) is 8.85. The zero-order chi connectivity index (χ0) is 23.7. The second-order valence-corrected chi connectivity index (χ2v) is 9.88. The zero-order valence-electron chi connectivity index (χ0n) is 19.5. The maximum atomic E-state index is 13.4. The lowest BCUT2D eigenvalue weighted by molar-refractivity contribution is -0.131. The van der Waals surface area contributed by atoms with Crippen molar-refractivity contribution >= 4 is 35.0 Å². The van der Waals surface area contributed by atoms with Gasteiger partial charge in [-0.15, -0.1) is 0 Å². The summed E-state index contributed by atoms with van der Waals surface area (Å²) in [7, 11) is 0. The van der Waals surface area contributed by atoms with E-state index >= 15 is 0 Å². The van der Waals surface area contributed by atoms with E-state index in [0.717, 1.165) is 17.1 Å². The third-order valence-corrected chi connectivity index (χ3v) is 7.56. The van der Waals surface area contributed by atoms with Gasteiger partial charge in [0, 0.05) is 55.4 Å². The molecule has 1 saturated heterocycles. The van der Waals surface area contributed by atoms with E-state index in [2.05, 4.69) is 48.0 Å². The van der Waals surface area contributed by atoms with Gasteiger partial charge in [-0.1, -0.05) is 36.0 Å². The van der Waals surface area contributed by atoms with E-state index in [0.29, 0.717) is 30.2 Å². The molecule has 2 amide bonds. The van der Waals surface area contributed by atoms with Crippen LogP contribution >= 0.6 is 11.8 Å². The molecule has 2 aromatic carbocycles. The standard InChI is InChI=1S/C27H28N4O2S/c1-19-7-5-8-21(17-19)30-16-15-29(18-20(30)2)25(32)12-14-31-23-10-3-4-11-24(23)34-26-22(27(31)33)9-6-13-28-26/h3-11,13,17,20H,12,14-16,18H2,1-2H3. The Balaban J connectivity index is 1.28. The summed E-state index contributed by atoms with van der Waals surface area (Å²) in [6, 6.07) is 20.2. The van der Waals surface area contributed by atoms with Crippen LogP contribution in [-0.4, -0.2) is 53.9 Å². The minimum Gasteiger partial charge on any atom is -0.365 e. The molecule has 1 atom stereocenters. The van der Waals surface area contributed by atoms with Crippen LogP contribution in [0.15, 0.2) is 76.8 Å². The number of rotatable bonds is 4. The Morgan fingerprint density at radius 2 is 1.94 bits per heavy atom. The first-order valence-electron chi connectivity index (χ1n) is 11.7. The Hall–Kier alpha value is -3.32. The molecule has 0 N–H and O–H groups in total. The SMILES string of the molecule is Cc1cccc(N2CCN(C(=O)CCN3C(=O)c4cccnc4Sc4ccccc43)CC2C)c1. The van der Waals surface area contributed by atoms with E-state index in [4.69, 9.17) is 0 Å². The van der Waals surface area contributed by atoms with Crippen LogP contribution in [0.1, 0.15) is 29.3 Å². The molecule has 5 rings (SSSR count). The molecule has 0 aliphatic carbocycles. The van der Waals surface area contributed by atoms with Crippen molar-refractivity contribution < 1.29 is 9.59 Å². The zero-order valence-corrected chi connectivity index (χ0v) is 20.3. The Bertz CT molecular complexity index is 1230. The van der Waals surface area contributed by atoms with E-state index in [-0.39, 0.29) is 24.3 Å². The van der Waals surface area contributed by atoms with Crippen molar-refractivity contribution in [3.05, 3.63) is 78.0 Å². The lowest BCUT2D eigenvalue weighted by Crippen LogP contribution is -2.54. The van der Waals surface area contributed by atoms with Crippen molar-refractivity contribution in [3.8, 4) is 0 Å². The van der Waals surface area contributed by atoms with Crippen LogP contribution in [0.4, 0.5) is 11.4 Å². The van der Waals surface area contributed by atoms with Gasteiger partial charge in [0.05, 0.1) is 11.3 Å². The van der Waals surface area contributed by atoms with Gasteiger partial charge in [0.1, 0.15) is 5.03 Å². The lowest BCUT2D eigenvalue weighted by Gasteiger charge is -2.41. The van der Waals surface area contributed by atoms with Crippen molar-refractivity contribution in [2.75, 3.05) is 36.0 Å². The van der Waals surface area contributed by atoms with Gasteiger partial charge in [0.2, 0.25) is 5.91 Å². The maximum Gasteiger partial charge on any atom is 0.261 e. The fraction of sp³-hybridized carbons (Fsp3) is 0.296. The smallest absolute Gasteiger partial charge is 0.261 e. The first-order chi connectivity index (χ1) is 16.5. The van der Waals surface area contributed by atoms with Crippen LogP contribution in [-0.2, 0) is 4.79 Å². The Morgan fingerprint density at radius 1 is 1.09 bits per heavy atom. The number of carbonyl (C=O) groups excluding carboxylic acids is 2. The number of pyridine rings is 1. The number of nitrogens with zero attached hydrogens (tertiary/aromatic N) is 4. The molecule has 1 aromatic heterocycles. The summed E-state index contributed by atoms with van der Waals surface area (Å²) in [6.07, 6.45) is 2.00. The molecule has 2 aliphatic heterocycles. The van der Waals surface area contributed by atoms with E-state index < -0.39 is 0 Å². The number of amides is 2. The number of piperazine rings is 1. The molecular weight excluding hydrogens is 444 g/mol. The van der Waals surface area contributed by atoms with Crippen molar-refractivity contribution in [1.82, 2.24) is 9.88 Å². The van der Waals surface area contributed by atoms with Crippen LogP contribution in [0.25, 0.3) is 0 Å². The third-order valence-electron chi connectivity index (χ3n) is 6.47. The number of fused-ring (bicyclic) bond motifs is 2. The molecule has 2 aliphatic rings. The quantitative estimate of drug-likeness (QED) is 0.554. The lowest BCUT2D eigenvalue weighted by atomic mass is 10.1. The van der Waals surface area contributed by atoms with E-state index in [9.17, 15) is 9.59 Å². The molecule has 1 fully saturated rings. The molecule has 0 saturated carbocycles. The molecule has 34 heavy (non-hydrogen) atoms. The Labute approximate surface area is 204 Å².